The fraction of sp³-hybridized carbons (Fsp3) is 0.118. The van der Waals surface area contributed by atoms with Crippen LogP contribution in [0.2, 0.25) is 0 Å². The van der Waals surface area contributed by atoms with Crippen LogP contribution in [0.15, 0.2) is 66.9 Å². The second-order valence-corrected chi connectivity index (χ2v) is 5.56. The zero-order valence-electron chi connectivity index (χ0n) is 11.7. The molecule has 0 aliphatic carbocycles. The van der Waals surface area contributed by atoms with Crippen molar-refractivity contribution in [1.82, 2.24) is 0 Å². The van der Waals surface area contributed by atoms with Crippen LogP contribution < -0.4 is 4.90 Å². The molecule has 108 valence electrons. The predicted octanol–water partition coefficient (Wildman–Crippen LogP) is 3.98. The fourth-order valence-corrected chi connectivity index (χ4v) is 2.44. The maximum Gasteiger partial charge on any atom is 0.331 e. The van der Waals surface area contributed by atoms with E-state index in [1.54, 1.807) is 6.20 Å². The summed E-state index contributed by atoms with van der Waals surface area (Å²) < 4.78 is 5.85. The number of benzene rings is 2. The van der Waals surface area contributed by atoms with E-state index in [2.05, 4.69) is 39.5 Å². The van der Waals surface area contributed by atoms with Gasteiger partial charge in [0.2, 0.25) is 0 Å². The number of esters is 1. The number of methoxy groups -OCH3 is 1. The third-order valence-corrected chi connectivity index (χ3v) is 4.03. The van der Waals surface area contributed by atoms with Crippen LogP contribution in [0.5, 0.6) is 0 Å². The minimum Gasteiger partial charge on any atom is -0.466 e. The highest BCUT2D eigenvalue weighted by atomic mass is 127. The highest BCUT2D eigenvalue weighted by molar-refractivity contribution is 14.1. The minimum atomic E-state index is -0.362. The lowest BCUT2D eigenvalue weighted by molar-refractivity contribution is -0.134. The molecular formula is C17H16INO2. The van der Waals surface area contributed by atoms with E-state index in [1.807, 2.05) is 47.4 Å². The molecule has 0 aromatic heterocycles. The van der Waals surface area contributed by atoms with E-state index < -0.39 is 0 Å². The van der Waals surface area contributed by atoms with Crippen molar-refractivity contribution in [3.8, 4) is 0 Å². The van der Waals surface area contributed by atoms with Gasteiger partial charge < -0.3 is 9.64 Å². The third-order valence-electron chi connectivity index (χ3n) is 2.98. The maximum atomic E-state index is 11.3. The van der Waals surface area contributed by atoms with Crippen molar-refractivity contribution in [3.05, 3.63) is 76.0 Å². The predicted molar refractivity (Wildman–Crippen MR) is 92.9 cm³/mol. The Morgan fingerprint density at radius 2 is 1.81 bits per heavy atom. The average Bonchev–Trinajstić information content (AvgIpc) is 2.53. The van der Waals surface area contributed by atoms with E-state index >= 15 is 0 Å². The number of halogens is 1. The number of nitrogens with zero attached hydrogens (tertiary/aromatic N) is 1. The molecule has 0 aliphatic rings. The van der Waals surface area contributed by atoms with Crippen molar-refractivity contribution in [2.45, 2.75) is 6.54 Å². The number of hydrogen-bond acceptors (Lipinski definition) is 3. The largest absolute Gasteiger partial charge is 0.466 e. The van der Waals surface area contributed by atoms with Gasteiger partial charge in [0.15, 0.2) is 0 Å². The molecular weight excluding hydrogens is 377 g/mol. The summed E-state index contributed by atoms with van der Waals surface area (Å²) in [6, 6.07) is 18.1. The molecule has 4 heteroatoms. The van der Waals surface area contributed by atoms with Gasteiger partial charge in [0.25, 0.3) is 0 Å². The van der Waals surface area contributed by atoms with Crippen molar-refractivity contribution in [2.75, 3.05) is 12.0 Å². The van der Waals surface area contributed by atoms with Crippen molar-refractivity contribution >= 4 is 34.2 Å². The van der Waals surface area contributed by atoms with E-state index in [0.29, 0.717) is 6.54 Å². The van der Waals surface area contributed by atoms with E-state index in [9.17, 15) is 4.79 Å². The van der Waals surface area contributed by atoms with Gasteiger partial charge in [-0.1, -0.05) is 36.4 Å². The van der Waals surface area contributed by atoms with Gasteiger partial charge in [0.1, 0.15) is 0 Å². The number of hydrogen-bond donors (Lipinski definition) is 0. The van der Waals surface area contributed by atoms with E-state index in [-0.39, 0.29) is 5.97 Å². The molecule has 0 N–H and O–H groups in total. The van der Waals surface area contributed by atoms with Crippen LogP contribution in [-0.4, -0.2) is 13.1 Å². The summed E-state index contributed by atoms with van der Waals surface area (Å²) in [5.41, 5.74) is 2.23. The molecule has 0 atom stereocenters. The lowest BCUT2D eigenvalue weighted by Crippen LogP contribution is -2.16. The molecule has 0 unspecified atom stereocenters. The number of anilines is 1. The van der Waals surface area contributed by atoms with Gasteiger partial charge >= 0.3 is 5.97 Å². The quantitative estimate of drug-likeness (QED) is 0.437. The summed E-state index contributed by atoms with van der Waals surface area (Å²) in [5.74, 6) is -0.362. The first-order chi connectivity index (χ1) is 10.2. The zero-order valence-corrected chi connectivity index (χ0v) is 13.9. The Bertz CT molecular complexity index is 626. The Labute approximate surface area is 138 Å². The van der Waals surface area contributed by atoms with Crippen LogP contribution in [0.3, 0.4) is 0 Å². The van der Waals surface area contributed by atoms with Crippen LogP contribution in [0.1, 0.15) is 5.56 Å². The Morgan fingerprint density at radius 1 is 1.14 bits per heavy atom. The maximum absolute atomic E-state index is 11.3. The lowest BCUT2D eigenvalue weighted by atomic mass is 10.2. The Morgan fingerprint density at radius 3 is 2.48 bits per heavy atom. The second-order valence-electron chi connectivity index (χ2n) is 4.39. The van der Waals surface area contributed by atoms with E-state index in [0.717, 1.165) is 5.69 Å². The van der Waals surface area contributed by atoms with Gasteiger partial charge in [-0.3, -0.25) is 0 Å². The summed E-state index contributed by atoms with van der Waals surface area (Å²) >= 11 is 2.32. The summed E-state index contributed by atoms with van der Waals surface area (Å²) in [4.78, 5) is 13.4. The topological polar surface area (TPSA) is 29.5 Å². The van der Waals surface area contributed by atoms with Crippen LogP contribution in [0, 0.1) is 3.57 Å². The van der Waals surface area contributed by atoms with Gasteiger partial charge in [-0.05, 0) is 46.4 Å². The first-order valence-electron chi connectivity index (χ1n) is 6.52. The summed E-state index contributed by atoms with van der Waals surface area (Å²) in [7, 11) is 1.37. The van der Waals surface area contributed by atoms with Gasteiger partial charge in [-0.2, -0.15) is 0 Å². The standard InChI is InChI=1S/C17H16INO2/c1-21-17(20)11-12-19(15-8-3-2-4-9-15)13-14-7-5-6-10-16(14)18/h2-12H,13H2,1H3/b12-11+. The molecule has 21 heavy (non-hydrogen) atoms. The summed E-state index contributed by atoms with van der Waals surface area (Å²) in [6.45, 7) is 0.691. The molecule has 2 rings (SSSR count). The van der Waals surface area contributed by atoms with Gasteiger partial charge in [-0.25, -0.2) is 4.79 Å². The minimum absolute atomic E-state index is 0.362. The first-order valence-corrected chi connectivity index (χ1v) is 7.60. The number of carbonyl (C=O) groups excluding carboxylic acids is 1. The Balaban J connectivity index is 2.26. The molecule has 0 amide bonds. The van der Waals surface area contributed by atoms with Gasteiger partial charge in [0, 0.05) is 28.1 Å². The number of ether oxygens (including phenoxy) is 1. The molecule has 0 spiro atoms. The van der Waals surface area contributed by atoms with Crippen LogP contribution in [-0.2, 0) is 16.1 Å². The van der Waals surface area contributed by atoms with Crippen molar-refractivity contribution < 1.29 is 9.53 Å². The molecule has 2 aromatic rings. The van der Waals surface area contributed by atoms with Crippen LogP contribution in [0.4, 0.5) is 5.69 Å². The fourth-order valence-electron chi connectivity index (χ4n) is 1.88. The first kappa shape index (κ1) is 15.6. The molecule has 0 saturated carbocycles. The normalized spacial score (nSPS) is 10.6. The van der Waals surface area contributed by atoms with Crippen molar-refractivity contribution in [1.29, 1.82) is 0 Å². The van der Waals surface area contributed by atoms with Crippen molar-refractivity contribution in [3.63, 3.8) is 0 Å². The average molecular weight is 393 g/mol. The van der Waals surface area contributed by atoms with Gasteiger partial charge in [-0.15, -0.1) is 0 Å². The van der Waals surface area contributed by atoms with Crippen molar-refractivity contribution in [2.24, 2.45) is 0 Å². The molecule has 0 heterocycles. The summed E-state index contributed by atoms with van der Waals surface area (Å²) in [6.07, 6.45) is 3.19. The highest BCUT2D eigenvalue weighted by Crippen LogP contribution is 2.20. The molecule has 0 radical (unpaired) electrons. The SMILES string of the molecule is COC(=O)/C=C/N(Cc1ccccc1I)c1ccccc1. The monoisotopic (exact) mass is 393 g/mol. The van der Waals surface area contributed by atoms with Gasteiger partial charge in [0.05, 0.1) is 7.11 Å². The number of carbonyl (C=O) groups is 1. The number of rotatable bonds is 5. The lowest BCUT2D eigenvalue weighted by Gasteiger charge is -2.21. The Kier molecular flexibility index (Phi) is 5.80. The second kappa shape index (κ2) is 7.83. The number of para-hydroxylation sites is 1. The third kappa shape index (κ3) is 4.60. The zero-order chi connectivity index (χ0) is 15.1. The smallest absolute Gasteiger partial charge is 0.331 e. The highest BCUT2D eigenvalue weighted by Gasteiger charge is 2.07. The molecule has 0 bridgehead atoms. The molecule has 3 nitrogen and oxygen atoms in total. The molecule has 0 fully saturated rings. The van der Waals surface area contributed by atoms with Crippen LogP contribution >= 0.6 is 22.6 Å². The van der Waals surface area contributed by atoms with E-state index in [1.165, 1.54) is 22.3 Å². The molecule has 0 aliphatic heterocycles. The molecule has 2 aromatic carbocycles. The molecule has 0 saturated heterocycles. The Hall–Kier alpha value is -1.82. The van der Waals surface area contributed by atoms with E-state index in [4.69, 9.17) is 0 Å². The van der Waals surface area contributed by atoms with Crippen LogP contribution in [0.25, 0.3) is 0 Å². The summed E-state index contributed by atoms with van der Waals surface area (Å²) in [5, 5.41) is 0.